The molecule has 2 aromatic rings. The van der Waals surface area contributed by atoms with Crippen molar-refractivity contribution in [3.05, 3.63) is 23.9 Å². The number of rotatable bonds is 2. The van der Waals surface area contributed by atoms with Gasteiger partial charge in [-0.15, -0.1) is 5.10 Å². The van der Waals surface area contributed by atoms with Gasteiger partial charge >= 0.3 is 6.18 Å². The second-order valence-corrected chi connectivity index (χ2v) is 4.04. The number of nitrogens with two attached hydrogens (primary N) is 1. The third-order valence-corrected chi connectivity index (χ3v) is 2.62. The van der Waals surface area contributed by atoms with Crippen LogP contribution in [0.3, 0.4) is 0 Å². The van der Waals surface area contributed by atoms with Crippen LogP contribution in [0, 0.1) is 0 Å². The molecule has 5 nitrogen and oxygen atoms in total. The molecule has 0 amide bonds. The monoisotopic (exact) mass is 275 g/mol. The van der Waals surface area contributed by atoms with Crippen molar-refractivity contribution in [3.8, 4) is 5.82 Å². The van der Waals surface area contributed by atoms with E-state index in [4.69, 9.17) is 5.73 Å². The second-order valence-electron chi connectivity index (χ2n) is 3.27. The quantitative estimate of drug-likeness (QED) is 0.849. The average molecular weight is 275 g/mol. The van der Waals surface area contributed by atoms with Gasteiger partial charge in [-0.25, -0.2) is 4.98 Å². The maximum atomic E-state index is 12.5. The Hall–Kier alpha value is -1.77. The first-order valence-corrected chi connectivity index (χ1v) is 5.94. The predicted octanol–water partition coefficient (Wildman–Crippen LogP) is 1.99. The van der Waals surface area contributed by atoms with Crippen LogP contribution in [0.5, 0.6) is 0 Å². The number of anilines is 1. The molecule has 2 aromatic heterocycles. The summed E-state index contributed by atoms with van der Waals surface area (Å²) in [5, 5.41) is 4.30. The van der Waals surface area contributed by atoms with Gasteiger partial charge in [0.2, 0.25) is 11.1 Å². The highest BCUT2D eigenvalue weighted by Gasteiger charge is 2.31. The minimum absolute atomic E-state index is 0.00817. The molecule has 0 atom stereocenters. The van der Waals surface area contributed by atoms with Crippen molar-refractivity contribution in [3.63, 3.8) is 0 Å². The van der Waals surface area contributed by atoms with Crippen molar-refractivity contribution in [2.45, 2.75) is 11.3 Å². The van der Waals surface area contributed by atoms with Crippen molar-refractivity contribution >= 4 is 17.7 Å². The minimum Gasteiger partial charge on any atom is -0.368 e. The summed E-state index contributed by atoms with van der Waals surface area (Å²) in [5.41, 5.74) is 4.75. The van der Waals surface area contributed by atoms with Gasteiger partial charge in [-0.3, -0.25) is 0 Å². The fourth-order valence-corrected chi connectivity index (χ4v) is 1.62. The van der Waals surface area contributed by atoms with Crippen molar-refractivity contribution in [1.82, 2.24) is 19.7 Å². The summed E-state index contributed by atoms with van der Waals surface area (Å²) in [4.78, 5) is 7.67. The smallest absolute Gasteiger partial charge is 0.368 e. The molecule has 0 aliphatic rings. The molecular formula is C9H8F3N5S. The summed E-state index contributed by atoms with van der Waals surface area (Å²) in [5.74, 6) is -0.0266. The summed E-state index contributed by atoms with van der Waals surface area (Å²) in [7, 11) is 0. The predicted molar refractivity (Wildman–Crippen MR) is 60.3 cm³/mol. The van der Waals surface area contributed by atoms with Gasteiger partial charge in [0.25, 0.3) is 0 Å². The summed E-state index contributed by atoms with van der Waals surface area (Å²) >= 11 is 1.24. The molecule has 0 aliphatic carbocycles. The average Bonchev–Trinajstić information content (AvgIpc) is 2.70. The van der Waals surface area contributed by atoms with E-state index in [1.807, 2.05) is 0 Å². The lowest BCUT2D eigenvalue weighted by Gasteiger charge is -2.07. The van der Waals surface area contributed by atoms with Crippen molar-refractivity contribution in [2.75, 3.05) is 12.0 Å². The number of nitrogen functional groups attached to an aromatic ring is 1. The van der Waals surface area contributed by atoms with E-state index >= 15 is 0 Å². The molecule has 0 aromatic carbocycles. The molecule has 96 valence electrons. The topological polar surface area (TPSA) is 69.6 Å². The zero-order valence-electron chi connectivity index (χ0n) is 9.14. The molecule has 0 saturated heterocycles. The lowest BCUT2D eigenvalue weighted by molar-refractivity contribution is -0.137. The minimum atomic E-state index is -4.44. The molecule has 0 aliphatic heterocycles. The van der Waals surface area contributed by atoms with Crippen LogP contribution in [0.4, 0.5) is 19.1 Å². The first-order chi connectivity index (χ1) is 8.41. The molecule has 0 unspecified atom stereocenters. The maximum Gasteiger partial charge on any atom is 0.416 e. The molecule has 2 heterocycles. The fraction of sp³-hybridized carbons (Fsp3) is 0.222. The molecule has 0 fully saturated rings. The maximum absolute atomic E-state index is 12.5. The van der Waals surface area contributed by atoms with Gasteiger partial charge in [-0.2, -0.15) is 22.8 Å². The van der Waals surface area contributed by atoms with Crippen molar-refractivity contribution in [2.24, 2.45) is 0 Å². The summed E-state index contributed by atoms with van der Waals surface area (Å²) in [6.45, 7) is 0. The van der Waals surface area contributed by atoms with Crippen molar-refractivity contribution in [1.29, 1.82) is 0 Å². The highest BCUT2D eigenvalue weighted by molar-refractivity contribution is 7.98. The highest BCUT2D eigenvalue weighted by Crippen LogP contribution is 2.29. The van der Waals surface area contributed by atoms with Crippen LogP contribution in [0.25, 0.3) is 5.82 Å². The van der Waals surface area contributed by atoms with Crippen LogP contribution >= 0.6 is 11.8 Å². The van der Waals surface area contributed by atoms with E-state index in [9.17, 15) is 13.2 Å². The Kier molecular flexibility index (Phi) is 3.16. The molecule has 0 bridgehead atoms. The standard InChI is InChI=1S/C9H8F3N5S/c1-18-8-15-7(13)17(16-8)6-4-5(2-3-14-6)9(10,11)12/h2-4H,1H3,(H2,13,15,16). The lowest BCUT2D eigenvalue weighted by atomic mass is 10.2. The Bertz CT molecular complexity index is 566. The first kappa shape index (κ1) is 12.7. The molecule has 9 heteroatoms. The van der Waals surface area contributed by atoms with E-state index in [1.54, 1.807) is 6.26 Å². The fourth-order valence-electron chi connectivity index (χ4n) is 1.27. The van der Waals surface area contributed by atoms with Crippen LogP contribution in [-0.2, 0) is 6.18 Å². The summed E-state index contributed by atoms with van der Waals surface area (Å²) in [6.07, 6.45) is -1.65. The van der Waals surface area contributed by atoms with Crippen molar-refractivity contribution < 1.29 is 13.2 Å². The number of alkyl halides is 3. The highest BCUT2D eigenvalue weighted by atomic mass is 32.2. The third kappa shape index (κ3) is 2.40. The number of hydrogen-bond acceptors (Lipinski definition) is 5. The van der Waals surface area contributed by atoms with Gasteiger partial charge in [0.05, 0.1) is 5.56 Å². The first-order valence-electron chi connectivity index (χ1n) is 4.72. The number of nitrogens with zero attached hydrogens (tertiary/aromatic N) is 4. The SMILES string of the molecule is CSc1nc(N)n(-c2cc(C(F)(F)F)ccn2)n1. The van der Waals surface area contributed by atoms with Crippen LogP contribution < -0.4 is 5.73 Å². The van der Waals surface area contributed by atoms with Gasteiger partial charge < -0.3 is 5.73 Å². The van der Waals surface area contributed by atoms with Gasteiger partial charge in [0, 0.05) is 6.20 Å². The van der Waals surface area contributed by atoms with E-state index in [0.717, 1.165) is 23.0 Å². The van der Waals surface area contributed by atoms with Gasteiger partial charge in [0.1, 0.15) is 0 Å². The van der Waals surface area contributed by atoms with Crippen LogP contribution in [-0.4, -0.2) is 26.0 Å². The molecule has 18 heavy (non-hydrogen) atoms. The zero-order chi connectivity index (χ0) is 13.3. The zero-order valence-corrected chi connectivity index (χ0v) is 9.96. The van der Waals surface area contributed by atoms with Gasteiger partial charge in [-0.05, 0) is 18.4 Å². The Morgan fingerprint density at radius 2 is 2.11 bits per heavy atom. The number of hydrogen-bond donors (Lipinski definition) is 1. The van der Waals surface area contributed by atoms with Gasteiger partial charge in [-0.1, -0.05) is 11.8 Å². The second kappa shape index (κ2) is 4.48. The number of thioether (sulfide) groups is 1. The molecule has 0 spiro atoms. The van der Waals surface area contributed by atoms with Crippen LogP contribution in [0.15, 0.2) is 23.5 Å². The third-order valence-electron chi connectivity index (χ3n) is 2.09. The van der Waals surface area contributed by atoms with E-state index in [0.29, 0.717) is 5.16 Å². The van der Waals surface area contributed by atoms with Gasteiger partial charge in [0.15, 0.2) is 5.82 Å². The molecule has 2 rings (SSSR count). The Balaban J connectivity index is 2.47. The Morgan fingerprint density at radius 1 is 1.39 bits per heavy atom. The Morgan fingerprint density at radius 3 is 2.67 bits per heavy atom. The van der Waals surface area contributed by atoms with E-state index < -0.39 is 11.7 Å². The van der Waals surface area contributed by atoms with Crippen LogP contribution in [0.1, 0.15) is 5.56 Å². The number of aromatic nitrogens is 4. The normalized spacial score (nSPS) is 11.8. The molecule has 0 saturated carbocycles. The molecule has 2 N–H and O–H groups in total. The Labute approximate surface area is 104 Å². The summed E-state index contributed by atoms with van der Waals surface area (Å²) in [6, 6.07) is 1.75. The molecular weight excluding hydrogens is 267 g/mol. The van der Waals surface area contributed by atoms with E-state index in [-0.39, 0.29) is 11.8 Å². The largest absolute Gasteiger partial charge is 0.416 e. The van der Waals surface area contributed by atoms with E-state index in [1.165, 1.54) is 11.8 Å². The van der Waals surface area contributed by atoms with E-state index in [2.05, 4.69) is 15.1 Å². The van der Waals surface area contributed by atoms with Crippen LogP contribution in [0.2, 0.25) is 0 Å². The summed E-state index contributed by atoms with van der Waals surface area (Å²) < 4.78 is 38.7. The number of halogens is 3. The molecule has 0 radical (unpaired) electrons. The lowest BCUT2D eigenvalue weighted by Crippen LogP contribution is -2.09. The number of pyridine rings is 1.